The molecule has 0 saturated carbocycles. The van der Waals surface area contributed by atoms with Crippen LogP contribution in [-0.4, -0.2) is 35.9 Å². The number of hydrogen-bond acceptors (Lipinski definition) is 6. The van der Waals surface area contributed by atoms with Gasteiger partial charge < -0.3 is 11.1 Å². The lowest BCUT2D eigenvalue weighted by atomic mass is 10.0. The van der Waals surface area contributed by atoms with Crippen molar-refractivity contribution in [2.24, 2.45) is 0 Å². The quantitative estimate of drug-likeness (QED) is 0.149. The van der Waals surface area contributed by atoms with Crippen molar-refractivity contribution in [3.05, 3.63) is 89.3 Å². The number of fused-ring (bicyclic) bond motifs is 1. The molecule has 0 aliphatic heterocycles. The van der Waals surface area contributed by atoms with Gasteiger partial charge in [0, 0.05) is 34.1 Å². The summed E-state index contributed by atoms with van der Waals surface area (Å²) in [6, 6.07) is 17.9. The van der Waals surface area contributed by atoms with Crippen molar-refractivity contribution in [2.75, 3.05) is 22.4 Å². The third-order valence-corrected chi connectivity index (χ3v) is 8.49. The fourth-order valence-corrected chi connectivity index (χ4v) is 6.34. The van der Waals surface area contributed by atoms with Crippen LogP contribution in [0.4, 0.5) is 26.0 Å². The second kappa shape index (κ2) is 12.2. The molecular formula is C31H31ClF2N6O2S. The van der Waals surface area contributed by atoms with E-state index in [1.54, 1.807) is 43.5 Å². The molecule has 43 heavy (non-hydrogen) atoms. The molecule has 0 saturated heterocycles. The molecule has 0 bridgehead atoms. The SMILES string of the molecule is CC(CF)Nc1ccc(-c2cnc(N)c3c(-c4ccc(NS(=O)(=O)Cc5ccccc5Cl)c(F)c4)nn(C(C)C)c23)cc1. The minimum absolute atomic E-state index is 0.0797. The summed E-state index contributed by atoms with van der Waals surface area (Å²) in [6.07, 6.45) is 1.67. The Balaban J connectivity index is 1.53. The minimum Gasteiger partial charge on any atom is -0.383 e. The van der Waals surface area contributed by atoms with Crippen molar-refractivity contribution in [1.82, 2.24) is 14.8 Å². The van der Waals surface area contributed by atoms with E-state index in [2.05, 4.69) is 15.0 Å². The number of hydrogen-bond donors (Lipinski definition) is 3. The van der Waals surface area contributed by atoms with Gasteiger partial charge in [-0.15, -0.1) is 0 Å². The van der Waals surface area contributed by atoms with Crippen molar-refractivity contribution < 1.29 is 17.2 Å². The normalized spacial score (nSPS) is 12.5. The first kappa shape index (κ1) is 30.2. The lowest BCUT2D eigenvalue weighted by molar-refractivity contribution is 0.460. The van der Waals surface area contributed by atoms with Gasteiger partial charge in [-0.05, 0) is 62.2 Å². The first-order chi connectivity index (χ1) is 20.5. The van der Waals surface area contributed by atoms with Crippen molar-refractivity contribution in [2.45, 2.75) is 38.6 Å². The van der Waals surface area contributed by atoms with Crippen molar-refractivity contribution in [1.29, 1.82) is 0 Å². The fraction of sp³-hybridized carbons (Fsp3) is 0.226. The van der Waals surface area contributed by atoms with E-state index in [1.165, 1.54) is 12.1 Å². The molecule has 4 N–H and O–H groups in total. The number of nitrogens with zero attached hydrogens (tertiary/aromatic N) is 3. The number of nitrogens with one attached hydrogen (secondary N) is 2. The van der Waals surface area contributed by atoms with Crippen molar-refractivity contribution in [3.63, 3.8) is 0 Å². The largest absolute Gasteiger partial charge is 0.383 e. The highest BCUT2D eigenvalue weighted by molar-refractivity contribution is 7.91. The Morgan fingerprint density at radius 2 is 1.72 bits per heavy atom. The predicted molar refractivity (Wildman–Crippen MR) is 170 cm³/mol. The highest BCUT2D eigenvalue weighted by Crippen LogP contribution is 2.39. The lowest BCUT2D eigenvalue weighted by Crippen LogP contribution is -2.16. The lowest BCUT2D eigenvalue weighted by Gasteiger charge is -2.14. The van der Waals surface area contributed by atoms with Crippen LogP contribution >= 0.6 is 11.6 Å². The molecule has 0 aliphatic carbocycles. The molecule has 0 aliphatic rings. The number of anilines is 3. The first-order valence-corrected chi connectivity index (χ1v) is 15.6. The van der Waals surface area contributed by atoms with Gasteiger partial charge in [-0.1, -0.05) is 48.0 Å². The average Bonchev–Trinajstić information content (AvgIpc) is 3.38. The number of aromatic nitrogens is 3. The first-order valence-electron chi connectivity index (χ1n) is 13.6. The molecule has 0 spiro atoms. The minimum atomic E-state index is -3.95. The molecular weight excluding hydrogens is 594 g/mol. The van der Waals surface area contributed by atoms with Crippen LogP contribution < -0.4 is 15.8 Å². The van der Waals surface area contributed by atoms with E-state index in [4.69, 9.17) is 22.4 Å². The van der Waals surface area contributed by atoms with Gasteiger partial charge in [0.25, 0.3) is 0 Å². The maximum absolute atomic E-state index is 15.4. The standard InChI is InChI=1S/C31H31ClF2N6O2S/c1-18(2)40-30-24(20-8-11-23(12-9-20)37-19(3)15-33)16-36-31(35)28(30)29(38-40)21-10-13-27(26(34)14-21)39-43(41,42)17-22-6-4-5-7-25(22)32/h4-14,16,18-19,37,39H,15,17H2,1-3H3,(H2,35,36). The van der Waals surface area contributed by atoms with E-state index in [-0.39, 0.29) is 23.6 Å². The number of nitrogen functional groups attached to an aromatic ring is 1. The number of nitrogens with two attached hydrogens (primary N) is 1. The van der Waals surface area contributed by atoms with E-state index in [9.17, 15) is 12.8 Å². The zero-order valence-corrected chi connectivity index (χ0v) is 25.3. The number of benzene rings is 3. The van der Waals surface area contributed by atoms with Crippen LogP contribution in [0.15, 0.2) is 72.9 Å². The Bertz CT molecular complexity index is 1900. The highest BCUT2D eigenvalue weighted by atomic mass is 35.5. The maximum atomic E-state index is 15.4. The van der Waals surface area contributed by atoms with Crippen LogP contribution in [0.5, 0.6) is 0 Å². The smallest absolute Gasteiger partial charge is 0.237 e. The molecule has 5 aromatic rings. The Morgan fingerprint density at radius 3 is 2.37 bits per heavy atom. The van der Waals surface area contributed by atoms with Gasteiger partial charge in [-0.3, -0.25) is 9.40 Å². The summed E-state index contributed by atoms with van der Waals surface area (Å²) in [5, 5.41) is 8.76. The summed E-state index contributed by atoms with van der Waals surface area (Å²) in [7, 11) is -3.95. The topological polar surface area (TPSA) is 115 Å². The van der Waals surface area contributed by atoms with Crippen molar-refractivity contribution in [3.8, 4) is 22.4 Å². The molecule has 3 aromatic carbocycles. The number of pyridine rings is 1. The van der Waals surface area contributed by atoms with Crippen molar-refractivity contribution >= 4 is 49.7 Å². The molecule has 0 amide bonds. The third kappa shape index (κ3) is 6.42. The second-order valence-corrected chi connectivity index (χ2v) is 12.7. The van der Waals surface area contributed by atoms with Gasteiger partial charge in [-0.25, -0.2) is 22.2 Å². The van der Waals surface area contributed by atoms with Crippen LogP contribution in [0.1, 0.15) is 32.4 Å². The zero-order valence-electron chi connectivity index (χ0n) is 23.8. The third-order valence-electron chi connectivity index (χ3n) is 6.90. The average molecular weight is 625 g/mol. The number of sulfonamides is 1. The summed E-state index contributed by atoms with van der Waals surface area (Å²) in [5.41, 5.74) is 10.5. The highest BCUT2D eigenvalue weighted by Gasteiger charge is 2.23. The van der Waals surface area contributed by atoms with Crippen LogP contribution in [0.25, 0.3) is 33.3 Å². The zero-order chi connectivity index (χ0) is 30.9. The van der Waals surface area contributed by atoms with Gasteiger partial charge in [0.1, 0.15) is 24.0 Å². The van der Waals surface area contributed by atoms with Gasteiger partial charge in [0.15, 0.2) is 0 Å². The molecule has 12 heteroatoms. The Labute approximate surface area is 254 Å². The Morgan fingerprint density at radius 1 is 1.02 bits per heavy atom. The monoisotopic (exact) mass is 624 g/mol. The second-order valence-electron chi connectivity index (χ2n) is 10.6. The fourth-order valence-electron chi connectivity index (χ4n) is 4.82. The molecule has 2 aromatic heterocycles. The molecule has 5 rings (SSSR count). The molecule has 1 atom stereocenters. The maximum Gasteiger partial charge on any atom is 0.237 e. The Hall–Kier alpha value is -4.22. The summed E-state index contributed by atoms with van der Waals surface area (Å²) >= 11 is 6.11. The van der Waals surface area contributed by atoms with Crippen LogP contribution in [0, 0.1) is 5.82 Å². The van der Waals surface area contributed by atoms with Gasteiger partial charge in [0.2, 0.25) is 10.0 Å². The van der Waals surface area contributed by atoms with Gasteiger partial charge in [-0.2, -0.15) is 5.10 Å². The van der Waals surface area contributed by atoms with E-state index < -0.39 is 28.3 Å². The van der Waals surface area contributed by atoms with E-state index in [1.807, 2.05) is 42.8 Å². The van der Waals surface area contributed by atoms with E-state index >= 15 is 4.39 Å². The molecule has 224 valence electrons. The van der Waals surface area contributed by atoms with E-state index in [0.29, 0.717) is 27.2 Å². The summed E-state index contributed by atoms with van der Waals surface area (Å²) in [5.74, 6) is -0.963. The molecule has 0 radical (unpaired) electrons. The van der Waals surface area contributed by atoms with Crippen LogP contribution in [0.2, 0.25) is 5.02 Å². The number of alkyl halides is 1. The molecule has 0 fully saturated rings. The Kier molecular flexibility index (Phi) is 8.57. The molecule has 8 nitrogen and oxygen atoms in total. The van der Waals surface area contributed by atoms with E-state index in [0.717, 1.165) is 22.3 Å². The van der Waals surface area contributed by atoms with Gasteiger partial charge in [0.05, 0.1) is 28.4 Å². The van der Waals surface area contributed by atoms with Crippen LogP contribution in [-0.2, 0) is 15.8 Å². The van der Waals surface area contributed by atoms with Gasteiger partial charge >= 0.3 is 0 Å². The van der Waals surface area contributed by atoms with Crippen LogP contribution in [0.3, 0.4) is 0 Å². The number of halogens is 3. The molecule has 1 unspecified atom stereocenters. The summed E-state index contributed by atoms with van der Waals surface area (Å²) < 4.78 is 58.0. The number of rotatable bonds is 10. The summed E-state index contributed by atoms with van der Waals surface area (Å²) in [4.78, 5) is 4.43. The summed E-state index contributed by atoms with van der Waals surface area (Å²) in [6.45, 7) is 5.21. The predicted octanol–water partition coefficient (Wildman–Crippen LogP) is 7.43. The molecule has 2 heterocycles.